The monoisotopic (exact) mass is 325 g/mol. The normalized spacial score (nSPS) is 11.6. The Balaban J connectivity index is 1.85. The number of hydrogen-bond donors (Lipinski definition) is 1. The van der Waals surface area contributed by atoms with Crippen molar-refractivity contribution in [1.82, 2.24) is 0 Å². The van der Waals surface area contributed by atoms with Crippen LogP contribution in [0.3, 0.4) is 0 Å². The highest BCUT2D eigenvalue weighted by Crippen LogP contribution is 2.21. The molecule has 126 valence electrons. The molecule has 0 aliphatic carbocycles. The lowest BCUT2D eigenvalue weighted by atomic mass is 9.87. The van der Waals surface area contributed by atoms with E-state index in [1.165, 1.54) is 5.56 Å². The largest absolute Gasteiger partial charge is 0.481 e. The number of hydrogen-bond acceptors (Lipinski definition) is 3. The summed E-state index contributed by atoms with van der Waals surface area (Å²) in [5.41, 5.74) is 4.12. The van der Waals surface area contributed by atoms with Gasteiger partial charge in [-0.2, -0.15) is 0 Å². The van der Waals surface area contributed by atoms with E-state index in [9.17, 15) is 4.79 Å². The highest BCUT2D eigenvalue weighted by atomic mass is 16.6. The average molecular weight is 325 g/mol. The third-order valence-corrected chi connectivity index (χ3v) is 3.66. The zero-order chi connectivity index (χ0) is 17.6. The molecule has 2 rings (SSSR count). The molecule has 0 saturated carbocycles. The number of rotatable bonds is 6. The maximum Gasteiger partial charge on any atom is 0.307 e. The van der Waals surface area contributed by atoms with Gasteiger partial charge in [-0.25, -0.2) is 0 Å². The van der Waals surface area contributed by atoms with E-state index in [0.717, 1.165) is 16.7 Å². The minimum Gasteiger partial charge on any atom is -0.481 e. The van der Waals surface area contributed by atoms with Gasteiger partial charge in [-0.3, -0.25) is 4.79 Å². The van der Waals surface area contributed by atoms with Crippen LogP contribution in [0.4, 0.5) is 0 Å². The summed E-state index contributed by atoms with van der Waals surface area (Å²) >= 11 is 0. The second kappa shape index (κ2) is 7.77. The molecule has 0 aliphatic rings. The minimum atomic E-state index is -0.832. The number of carbonyl (C=O) groups is 1. The van der Waals surface area contributed by atoms with Crippen molar-refractivity contribution in [3.63, 3.8) is 0 Å². The van der Waals surface area contributed by atoms with Gasteiger partial charge in [0.15, 0.2) is 0 Å². The van der Waals surface area contributed by atoms with Crippen molar-refractivity contribution in [2.24, 2.45) is 5.16 Å². The van der Waals surface area contributed by atoms with Gasteiger partial charge < -0.3 is 9.94 Å². The molecule has 0 fully saturated rings. The third kappa shape index (κ3) is 5.54. The quantitative estimate of drug-likeness (QED) is 0.641. The molecular formula is C20H23NO3. The Hall–Kier alpha value is -2.62. The molecule has 0 atom stereocenters. The molecule has 24 heavy (non-hydrogen) atoms. The summed E-state index contributed by atoms with van der Waals surface area (Å²) in [6.45, 7) is 6.90. The molecule has 1 N–H and O–H groups in total. The van der Waals surface area contributed by atoms with Gasteiger partial charge in [0.05, 0.1) is 12.6 Å². The van der Waals surface area contributed by atoms with E-state index in [0.29, 0.717) is 6.61 Å². The Bertz CT molecular complexity index is 695. The molecule has 0 saturated heterocycles. The summed E-state index contributed by atoms with van der Waals surface area (Å²) in [6, 6.07) is 15.5. The van der Waals surface area contributed by atoms with Crippen LogP contribution in [0.2, 0.25) is 0 Å². The zero-order valence-corrected chi connectivity index (χ0v) is 14.3. The van der Waals surface area contributed by atoms with Crippen molar-refractivity contribution in [2.75, 3.05) is 0 Å². The fourth-order valence-corrected chi connectivity index (χ4v) is 2.21. The average Bonchev–Trinajstić information content (AvgIpc) is 2.52. The lowest BCUT2D eigenvalue weighted by Crippen LogP contribution is -2.10. The second-order valence-corrected chi connectivity index (χ2v) is 6.77. The zero-order valence-electron chi connectivity index (χ0n) is 14.3. The SMILES string of the molecule is CC(C)(C)c1ccc(/C=N/OCc2ccc(CC(=O)O)cc2)cc1. The van der Waals surface area contributed by atoms with Crippen molar-refractivity contribution in [2.45, 2.75) is 39.2 Å². The van der Waals surface area contributed by atoms with Crippen LogP contribution < -0.4 is 0 Å². The molecule has 4 heteroatoms. The predicted octanol–water partition coefficient (Wildman–Crippen LogP) is 4.16. The third-order valence-electron chi connectivity index (χ3n) is 3.66. The van der Waals surface area contributed by atoms with Crippen LogP contribution >= 0.6 is 0 Å². The molecule has 0 spiro atoms. The van der Waals surface area contributed by atoms with Gasteiger partial charge in [-0.1, -0.05) is 74.5 Å². The van der Waals surface area contributed by atoms with E-state index >= 15 is 0 Å². The minimum absolute atomic E-state index is 0.0316. The molecule has 4 nitrogen and oxygen atoms in total. The molecular weight excluding hydrogens is 302 g/mol. The van der Waals surface area contributed by atoms with Crippen molar-refractivity contribution in [1.29, 1.82) is 0 Å². The Labute approximate surface area is 142 Å². The molecule has 0 aliphatic heterocycles. The Morgan fingerprint density at radius 1 is 1.04 bits per heavy atom. The van der Waals surface area contributed by atoms with Crippen molar-refractivity contribution >= 4 is 12.2 Å². The van der Waals surface area contributed by atoms with E-state index in [2.05, 4.69) is 38.1 Å². The highest BCUT2D eigenvalue weighted by molar-refractivity contribution is 5.79. The number of aliphatic carboxylic acids is 1. The van der Waals surface area contributed by atoms with Gasteiger partial charge in [0.25, 0.3) is 0 Å². The first-order chi connectivity index (χ1) is 11.3. The second-order valence-electron chi connectivity index (χ2n) is 6.77. The van der Waals surface area contributed by atoms with E-state index in [-0.39, 0.29) is 11.8 Å². The summed E-state index contributed by atoms with van der Waals surface area (Å²) in [6.07, 6.45) is 1.72. The Kier molecular flexibility index (Phi) is 5.74. The molecule has 0 amide bonds. The first kappa shape index (κ1) is 17.7. The van der Waals surface area contributed by atoms with E-state index in [4.69, 9.17) is 9.94 Å². The molecule has 0 bridgehead atoms. The van der Waals surface area contributed by atoms with Crippen molar-refractivity contribution in [3.8, 4) is 0 Å². The van der Waals surface area contributed by atoms with Gasteiger partial charge in [0.1, 0.15) is 6.61 Å². The molecule has 0 radical (unpaired) electrons. The van der Waals surface area contributed by atoms with E-state index in [1.54, 1.807) is 18.3 Å². The first-order valence-corrected chi connectivity index (χ1v) is 7.90. The van der Waals surface area contributed by atoms with Gasteiger partial charge in [0, 0.05) is 0 Å². The fourth-order valence-electron chi connectivity index (χ4n) is 2.21. The van der Waals surface area contributed by atoms with Crippen molar-refractivity contribution in [3.05, 3.63) is 70.8 Å². The summed E-state index contributed by atoms with van der Waals surface area (Å²) in [4.78, 5) is 15.9. The topological polar surface area (TPSA) is 58.9 Å². The summed E-state index contributed by atoms with van der Waals surface area (Å²) < 4.78 is 0. The number of nitrogens with zero attached hydrogens (tertiary/aromatic N) is 1. The lowest BCUT2D eigenvalue weighted by Gasteiger charge is -2.18. The molecule has 0 unspecified atom stereocenters. The number of benzene rings is 2. The van der Waals surface area contributed by atoms with Gasteiger partial charge in [-0.05, 0) is 27.7 Å². The summed E-state index contributed by atoms with van der Waals surface area (Å²) in [5, 5.41) is 12.7. The standard InChI is InChI=1S/C20H23NO3/c1-20(2,3)18-10-8-16(9-11-18)13-21-24-14-17-6-4-15(5-7-17)12-19(22)23/h4-11,13H,12,14H2,1-3H3,(H,22,23)/b21-13+. The predicted molar refractivity (Wildman–Crippen MR) is 95.3 cm³/mol. The van der Waals surface area contributed by atoms with Crippen LogP contribution in [0.5, 0.6) is 0 Å². The molecule has 2 aromatic rings. The molecule has 0 aromatic heterocycles. The van der Waals surface area contributed by atoms with Gasteiger partial charge in [-0.15, -0.1) is 0 Å². The van der Waals surface area contributed by atoms with Crippen LogP contribution in [-0.4, -0.2) is 17.3 Å². The first-order valence-electron chi connectivity index (χ1n) is 7.90. The van der Waals surface area contributed by atoms with E-state index in [1.807, 2.05) is 24.3 Å². The number of oxime groups is 1. The maximum absolute atomic E-state index is 10.6. The van der Waals surface area contributed by atoms with Gasteiger partial charge >= 0.3 is 5.97 Å². The van der Waals surface area contributed by atoms with Crippen LogP contribution in [0.15, 0.2) is 53.7 Å². The summed E-state index contributed by atoms with van der Waals surface area (Å²) in [7, 11) is 0. The fraction of sp³-hybridized carbons (Fsp3) is 0.300. The summed E-state index contributed by atoms with van der Waals surface area (Å²) in [5.74, 6) is -0.832. The Morgan fingerprint density at radius 2 is 1.62 bits per heavy atom. The van der Waals surface area contributed by atoms with Gasteiger partial charge in [0.2, 0.25) is 0 Å². The molecule has 2 aromatic carbocycles. The lowest BCUT2D eigenvalue weighted by molar-refractivity contribution is -0.136. The van der Waals surface area contributed by atoms with Crippen molar-refractivity contribution < 1.29 is 14.7 Å². The highest BCUT2D eigenvalue weighted by Gasteiger charge is 2.12. The van der Waals surface area contributed by atoms with E-state index < -0.39 is 5.97 Å². The van der Waals surface area contributed by atoms with Crippen LogP contribution in [-0.2, 0) is 28.1 Å². The molecule has 0 heterocycles. The maximum atomic E-state index is 10.6. The smallest absolute Gasteiger partial charge is 0.307 e. The van der Waals surface area contributed by atoms with Crippen LogP contribution in [0, 0.1) is 0 Å². The van der Waals surface area contributed by atoms with Crippen LogP contribution in [0.25, 0.3) is 0 Å². The van der Waals surface area contributed by atoms with Crippen LogP contribution in [0.1, 0.15) is 43.0 Å². The number of carboxylic acid groups (broad SMARTS) is 1. The Morgan fingerprint density at radius 3 is 2.17 bits per heavy atom. The number of carboxylic acids is 1.